The summed E-state index contributed by atoms with van der Waals surface area (Å²) in [6.07, 6.45) is 1.74. The molecule has 19 heavy (non-hydrogen) atoms. The van der Waals surface area contributed by atoms with Gasteiger partial charge in [0.05, 0.1) is 13.1 Å². The molecule has 98 valence electrons. The van der Waals surface area contributed by atoms with Crippen LogP contribution in [0.5, 0.6) is 0 Å². The Kier molecular flexibility index (Phi) is 3.44. The van der Waals surface area contributed by atoms with Gasteiger partial charge in [0.1, 0.15) is 12.2 Å². The van der Waals surface area contributed by atoms with Crippen molar-refractivity contribution in [2.45, 2.75) is 13.1 Å². The average molecular weight is 321 g/mol. The monoisotopic (exact) mass is 320 g/mol. The molecule has 3 rings (SSSR count). The normalized spacial score (nSPS) is 15.2. The Bertz CT molecular complexity index is 610. The van der Waals surface area contributed by atoms with Gasteiger partial charge in [0.15, 0.2) is 5.78 Å². The minimum absolute atomic E-state index is 0.125. The van der Waals surface area contributed by atoms with Crippen LogP contribution in [0.4, 0.5) is 0 Å². The molecule has 0 saturated carbocycles. The summed E-state index contributed by atoms with van der Waals surface area (Å²) in [5.41, 5.74) is 0.731. The largest absolute Gasteiger partial charge is 0.315 e. The zero-order valence-electron chi connectivity index (χ0n) is 10.3. The molecule has 0 bridgehead atoms. The van der Waals surface area contributed by atoms with Gasteiger partial charge in [-0.25, -0.2) is 0 Å². The van der Waals surface area contributed by atoms with Crippen LogP contribution in [0.15, 0.2) is 35.1 Å². The molecule has 0 atom stereocenters. The van der Waals surface area contributed by atoms with E-state index in [4.69, 9.17) is 0 Å². The van der Waals surface area contributed by atoms with Crippen LogP contribution in [0.3, 0.4) is 0 Å². The summed E-state index contributed by atoms with van der Waals surface area (Å²) in [6.45, 7) is 2.78. The van der Waals surface area contributed by atoms with Crippen molar-refractivity contribution in [2.24, 2.45) is 0 Å². The predicted octanol–water partition coefficient (Wildman–Crippen LogP) is 1.74. The van der Waals surface area contributed by atoms with E-state index in [9.17, 15) is 4.79 Å². The number of carbonyl (C=O) groups is 1. The summed E-state index contributed by atoms with van der Waals surface area (Å²) in [5, 5.41) is 7.94. The molecule has 5 nitrogen and oxygen atoms in total. The Balaban J connectivity index is 1.70. The van der Waals surface area contributed by atoms with E-state index >= 15 is 0 Å². The summed E-state index contributed by atoms with van der Waals surface area (Å²) < 4.78 is 2.87. The topological polar surface area (TPSA) is 51.0 Å². The van der Waals surface area contributed by atoms with Crippen molar-refractivity contribution in [3.8, 4) is 0 Å². The molecule has 0 amide bonds. The first-order valence-electron chi connectivity index (χ1n) is 6.11. The molecule has 2 aromatic rings. The standard InChI is InChI=1S/C13H13BrN4O/c14-11-4-2-1-3-10(11)12(19)7-17-5-6-18-9-15-16-13(18)8-17/h1-4,9H,5-8H2. The second-order valence-electron chi connectivity index (χ2n) is 4.55. The minimum Gasteiger partial charge on any atom is -0.315 e. The maximum absolute atomic E-state index is 12.3. The van der Waals surface area contributed by atoms with Crippen LogP contribution in [0, 0.1) is 0 Å². The molecule has 6 heteroatoms. The molecule has 2 heterocycles. The molecule has 1 aromatic heterocycles. The molecule has 0 unspecified atom stereocenters. The van der Waals surface area contributed by atoms with E-state index in [0.717, 1.165) is 29.0 Å². The maximum Gasteiger partial charge on any atom is 0.177 e. The van der Waals surface area contributed by atoms with Gasteiger partial charge >= 0.3 is 0 Å². The molecular formula is C13H13BrN4O. The first-order chi connectivity index (χ1) is 9.24. The molecule has 0 radical (unpaired) electrons. The zero-order chi connectivity index (χ0) is 13.2. The van der Waals surface area contributed by atoms with Crippen molar-refractivity contribution in [2.75, 3.05) is 13.1 Å². The van der Waals surface area contributed by atoms with Crippen molar-refractivity contribution in [3.05, 3.63) is 46.5 Å². The fraction of sp³-hybridized carbons (Fsp3) is 0.308. The van der Waals surface area contributed by atoms with Crippen LogP contribution in [0.1, 0.15) is 16.2 Å². The van der Waals surface area contributed by atoms with E-state index in [2.05, 4.69) is 31.0 Å². The number of carbonyl (C=O) groups excluding carboxylic acids is 1. The van der Waals surface area contributed by atoms with Crippen molar-refractivity contribution >= 4 is 21.7 Å². The summed E-state index contributed by atoms with van der Waals surface area (Å²) in [5.74, 6) is 1.05. The van der Waals surface area contributed by atoms with Gasteiger partial charge in [-0.05, 0) is 6.07 Å². The third-order valence-electron chi connectivity index (χ3n) is 3.26. The first kappa shape index (κ1) is 12.5. The molecule has 1 aliphatic heterocycles. The third kappa shape index (κ3) is 2.59. The van der Waals surface area contributed by atoms with Gasteiger partial charge in [-0.15, -0.1) is 10.2 Å². The second kappa shape index (κ2) is 5.22. The van der Waals surface area contributed by atoms with E-state index in [1.54, 1.807) is 6.33 Å². The SMILES string of the molecule is O=C(CN1CCn2cnnc2C1)c1ccccc1Br. The molecule has 0 spiro atoms. The lowest BCUT2D eigenvalue weighted by atomic mass is 10.1. The van der Waals surface area contributed by atoms with Gasteiger partial charge in [0.2, 0.25) is 0 Å². The van der Waals surface area contributed by atoms with Crippen LogP contribution >= 0.6 is 15.9 Å². The maximum atomic E-state index is 12.3. The van der Waals surface area contributed by atoms with Gasteiger partial charge in [0.25, 0.3) is 0 Å². The molecule has 1 aromatic carbocycles. The van der Waals surface area contributed by atoms with Gasteiger partial charge in [0, 0.05) is 23.1 Å². The van der Waals surface area contributed by atoms with E-state index in [1.807, 2.05) is 28.8 Å². The predicted molar refractivity (Wildman–Crippen MR) is 73.8 cm³/mol. The lowest BCUT2D eigenvalue weighted by Gasteiger charge is -2.26. The lowest BCUT2D eigenvalue weighted by Crippen LogP contribution is -2.37. The van der Waals surface area contributed by atoms with Gasteiger partial charge < -0.3 is 4.57 Å². The Morgan fingerprint density at radius 1 is 1.32 bits per heavy atom. The van der Waals surface area contributed by atoms with E-state index in [1.165, 1.54) is 0 Å². The minimum atomic E-state index is 0.125. The molecule has 0 fully saturated rings. The van der Waals surface area contributed by atoms with Gasteiger partial charge in [-0.2, -0.15) is 0 Å². The fourth-order valence-corrected chi connectivity index (χ4v) is 2.73. The van der Waals surface area contributed by atoms with Gasteiger partial charge in [-0.3, -0.25) is 9.69 Å². The van der Waals surface area contributed by atoms with E-state index < -0.39 is 0 Å². The number of Topliss-reactive ketones (excluding diaryl/α,β-unsaturated/α-hetero) is 1. The second-order valence-corrected chi connectivity index (χ2v) is 5.41. The van der Waals surface area contributed by atoms with Crippen molar-refractivity contribution in [1.29, 1.82) is 0 Å². The smallest absolute Gasteiger partial charge is 0.177 e. The number of hydrogen-bond donors (Lipinski definition) is 0. The van der Waals surface area contributed by atoms with Crippen molar-refractivity contribution in [3.63, 3.8) is 0 Å². The molecular weight excluding hydrogens is 308 g/mol. The highest BCUT2D eigenvalue weighted by Crippen LogP contribution is 2.17. The number of rotatable bonds is 3. The first-order valence-corrected chi connectivity index (χ1v) is 6.90. The highest BCUT2D eigenvalue weighted by molar-refractivity contribution is 9.10. The zero-order valence-corrected chi connectivity index (χ0v) is 11.9. The van der Waals surface area contributed by atoms with Gasteiger partial charge in [-0.1, -0.05) is 34.1 Å². The lowest BCUT2D eigenvalue weighted by molar-refractivity contribution is 0.0907. The van der Waals surface area contributed by atoms with Crippen LogP contribution in [0.2, 0.25) is 0 Å². The van der Waals surface area contributed by atoms with Crippen LogP contribution in [-0.4, -0.2) is 38.5 Å². The van der Waals surface area contributed by atoms with Crippen molar-refractivity contribution in [1.82, 2.24) is 19.7 Å². The number of ketones is 1. The molecule has 0 aliphatic carbocycles. The molecule has 1 aliphatic rings. The Hall–Kier alpha value is -1.53. The highest BCUT2D eigenvalue weighted by atomic mass is 79.9. The van der Waals surface area contributed by atoms with Crippen LogP contribution < -0.4 is 0 Å². The number of fused-ring (bicyclic) bond motifs is 1. The Morgan fingerprint density at radius 2 is 2.16 bits per heavy atom. The fourth-order valence-electron chi connectivity index (χ4n) is 2.23. The number of halogens is 1. The quantitative estimate of drug-likeness (QED) is 0.808. The highest BCUT2D eigenvalue weighted by Gasteiger charge is 2.20. The number of hydrogen-bond acceptors (Lipinski definition) is 4. The number of aromatic nitrogens is 3. The molecule has 0 saturated heterocycles. The summed E-state index contributed by atoms with van der Waals surface area (Å²) >= 11 is 3.42. The van der Waals surface area contributed by atoms with Crippen LogP contribution in [0.25, 0.3) is 0 Å². The summed E-state index contributed by atoms with van der Waals surface area (Å²) in [4.78, 5) is 14.4. The number of nitrogens with zero attached hydrogens (tertiary/aromatic N) is 4. The van der Waals surface area contributed by atoms with E-state index in [-0.39, 0.29) is 5.78 Å². The third-order valence-corrected chi connectivity index (χ3v) is 3.95. The summed E-state index contributed by atoms with van der Waals surface area (Å²) in [7, 11) is 0. The van der Waals surface area contributed by atoms with E-state index in [0.29, 0.717) is 13.1 Å². The average Bonchev–Trinajstić information content (AvgIpc) is 2.86. The summed E-state index contributed by atoms with van der Waals surface area (Å²) in [6, 6.07) is 7.52. The number of benzene rings is 1. The Labute approximate surface area is 119 Å². The van der Waals surface area contributed by atoms with Crippen molar-refractivity contribution < 1.29 is 4.79 Å². The van der Waals surface area contributed by atoms with Crippen LogP contribution in [-0.2, 0) is 13.1 Å². The Morgan fingerprint density at radius 3 is 3.00 bits per heavy atom. The molecule has 0 N–H and O–H groups in total.